The van der Waals surface area contributed by atoms with E-state index in [9.17, 15) is 17.2 Å². The van der Waals surface area contributed by atoms with E-state index in [1.807, 2.05) is 50.2 Å². The number of aromatic nitrogens is 3. The van der Waals surface area contributed by atoms with Gasteiger partial charge in [-0.1, -0.05) is 35.5 Å². The Labute approximate surface area is 225 Å². The summed E-state index contributed by atoms with van der Waals surface area (Å²) in [4.78, 5) is 5.05. The van der Waals surface area contributed by atoms with Gasteiger partial charge in [-0.2, -0.15) is 0 Å². The number of fused-ring (bicyclic) bond motifs is 3. The van der Waals surface area contributed by atoms with Gasteiger partial charge in [-0.05, 0) is 62.4 Å². The van der Waals surface area contributed by atoms with Crippen LogP contribution in [0.4, 0.5) is 8.78 Å². The molecule has 1 fully saturated rings. The number of hydrogen-bond donors (Lipinski definition) is 0. The Morgan fingerprint density at radius 2 is 1.74 bits per heavy atom. The van der Waals surface area contributed by atoms with Crippen molar-refractivity contribution < 1.29 is 21.7 Å². The van der Waals surface area contributed by atoms with Crippen molar-refractivity contribution in [3.8, 4) is 11.1 Å². The Hall–Kier alpha value is -3.59. The van der Waals surface area contributed by atoms with Crippen molar-refractivity contribution in [1.29, 1.82) is 0 Å². The van der Waals surface area contributed by atoms with Crippen LogP contribution in [0.25, 0.3) is 33.1 Å². The summed E-state index contributed by atoms with van der Waals surface area (Å²) in [7, 11) is -3.49. The van der Waals surface area contributed by atoms with Gasteiger partial charge in [0.25, 0.3) is 0 Å². The van der Waals surface area contributed by atoms with Crippen LogP contribution in [0.2, 0.25) is 0 Å². The summed E-state index contributed by atoms with van der Waals surface area (Å²) in [6, 6.07) is 16.7. The lowest BCUT2D eigenvalue weighted by Gasteiger charge is -2.35. The van der Waals surface area contributed by atoms with Crippen LogP contribution < -0.4 is 0 Å². The maximum atomic E-state index is 14.3. The first-order chi connectivity index (χ1) is 18.5. The molecule has 0 aliphatic heterocycles. The average Bonchev–Trinajstić information content (AvgIpc) is 3.40. The van der Waals surface area contributed by atoms with Crippen LogP contribution >= 0.6 is 0 Å². The van der Waals surface area contributed by atoms with E-state index in [2.05, 4.69) is 9.72 Å². The second-order valence-electron chi connectivity index (χ2n) is 10.7. The number of nitrogens with zero attached hydrogens (tertiary/aromatic N) is 3. The van der Waals surface area contributed by atoms with E-state index >= 15 is 0 Å². The molecular weight excluding hydrogens is 520 g/mol. The number of alkyl halides is 2. The monoisotopic (exact) mass is 549 g/mol. The van der Waals surface area contributed by atoms with Crippen molar-refractivity contribution in [2.45, 2.75) is 56.4 Å². The standard InChI is InChI=1S/C30H29F2N3O3S/c1-18-27(19(2)38-34-18)22-15-26-28(33-17-22)24-10-9-23(39(3,36)37)16-25(24)35(26)29(20-7-5-4-6-8-20)21-11-13-30(31,32)14-12-21/h4-10,15-17,21,29H,11-14H2,1-3H3. The number of benzene rings is 2. The Bertz CT molecular complexity index is 1780. The van der Waals surface area contributed by atoms with Gasteiger partial charge < -0.3 is 9.09 Å². The molecule has 6 nitrogen and oxygen atoms in total. The third-order valence-corrected chi connectivity index (χ3v) is 9.10. The topological polar surface area (TPSA) is 78.0 Å². The third kappa shape index (κ3) is 4.52. The predicted molar refractivity (Wildman–Crippen MR) is 147 cm³/mol. The summed E-state index contributed by atoms with van der Waals surface area (Å²) in [6.45, 7) is 3.72. The predicted octanol–water partition coefficient (Wildman–Crippen LogP) is 7.28. The average molecular weight is 550 g/mol. The molecule has 0 N–H and O–H groups in total. The molecule has 0 amide bonds. The molecule has 0 saturated heterocycles. The fraction of sp³-hybridized carbons (Fsp3) is 0.333. The van der Waals surface area contributed by atoms with Crippen LogP contribution in [0.3, 0.4) is 0 Å². The van der Waals surface area contributed by atoms with E-state index in [1.54, 1.807) is 24.4 Å². The molecule has 5 aromatic rings. The molecule has 6 rings (SSSR count). The van der Waals surface area contributed by atoms with Crippen LogP contribution in [0.5, 0.6) is 0 Å². The smallest absolute Gasteiger partial charge is 0.248 e. The van der Waals surface area contributed by atoms with Gasteiger partial charge in [0, 0.05) is 41.8 Å². The second-order valence-corrected chi connectivity index (χ2v) is 12.7. The van der Waals surface area contributed by atoms with Crippen molar-refractivity contribution in [3.63, 3.8) is 0 Å². The molecule has 1 atom stereocenters. The van der Waals surface area contributed by atoms with Crippen LogP contribution in [0, 0.1) is 19.8 Å². The minimum Gasteiger partial charge on any atom is -0.361 e. The molecule has 2 aromatic carbocycles. The zero-order valence-corrected chi connectivity index (χ0v) is 22.8. The highest BCUT2D eigenvalue weighted by molar-refractivity contribution is 7.90. The summed E-state index contributed by atoms with van der Waals surface area (Å²) in [6.07, 6.45) is 3.34. The lowest BCUT2D eigenvalue weighted by molar-refractivity contribution is -0.0493. The number of rotatable bonds is 5. The Kier molecular flexibility index (Phi) is 6.10. The van der Waals surface area contributed by atoms with E-state index in [-0.39, 0.29) is 29.7 Å². The Balaban J connectivity index is 1.68. The van der Waals surface area contributed by atoms with Gasteiger partial charge in [0.1, 0.15) is 5.76 Å². The van der Waals surface area contributed by atoms with Gasteiger partial charge in [-0.3, -0.25) is 4.98 Å². The molecule has 0 radical (unpaired) electrons. The van der Waals surface area contributed by atoms with E-state index in [4.69, 9.17) is 9.51 Å². The fourth-order valence-corrected chi connectivity index (χ4v) is 6.75. The van der Waals surface area contributed by atoms with Gasteiger partial charge in [0.2, 0.25) is 5.92 Å². The third-order valence-electron chi connectivity index (χ3n) is 7.99. The van der Waals surface area contributed by atoms with Crippen LogP contribution in [0.15, 0.2) is 70.2 Å². The molecule has 1 aliphatic rings. The molecule has 3 aromatic heterocycles. The van der Waals surface area contributed by atoms with Crippen molar-refractivity contribution in [2.24, 2.45) is 5.92 Å². The number of sulfone groups is 1. The number of aryl methyl sites for hydroxylation is 2. The highest BCUT2D eigenvalue weighted by atomic mass is 32.2. The van der Waals surface area contributed by atoms with Crippen molar-refractivity contribution in [3.05, 3.63) is 77.8 Å². The largest absolute Gasteiger partial charge is 0.361 e. The lowest BCUT2D eigenvalue weighted by Crippen LogP contribution is -2.30. The number of pyridine rings is 1. The molecule has 39 heavy (non-hydrogen) atoms. The van der Waals surface area contributed by atoms with E-state index in [0.29, 0.717) is 24.1 Å². The Morgan fingerprint density at radius 3 is 2.38 bits per heavy atom. The lowest BCUT2D eigenvalue weighted by atomic mass is 9.79. The molecule has 0 bridgehead atoms. The first kappa shape index (κ1) is 25.7. The molecule has 9 heteroatoms. The van der Waals surface area contributed by atoms with Gasteiger partial charge in [-0.25, -0.2) is 17.2 Å². The van der Waals surface area contributed by atoms with Gasteiger partial charge in [0.15, 0.2) is 9.84 Å². The van der Waals surface area contributed by atoms with Crippen LogP contribution in [0.1, 0.15) is 48.7 Å². The highest BCUT2D eigenvalue weighted by Crippen LogP contribution is 2.46. The van der Waals surface area contributed by atoms with E-state index in [1.165, 1.54) is 6.26 Å². The molecule has 202 valence electrons. The molecular formula is C30H29F2N3O3S. The maximum absolute atomic E-state index is 14.3. The zero-order chi connectivity index (χ0) is 27.5. The zero-order valence-electron chi connectivity index (χ0n) is 22.0. The first-order valence-electron chi connectivity index (χ1n) is 13.0. The summed E-state index contributed by atoms with van der Waals surface area (Å²) in [5.41, 5.74) is 5.65. The van der Waals surface area contributed by atoms with Crippen molar-refractivity contribution in [2.75, 3.05) is 6.26 Å². The normalized spacial score (nSPS) is 17.2. The minimum absolute atomic E-state index is 0.0737. The fourth-order valence-electron chi connectivity index (χ4n) is 6.11. The van der Waals surface area contributed by atoms with E-state index < -0.39 is 15.8 Å². The molecule has 1 saturated carbocycles. The summed E-state index contributed by atoms with van der Waals surface area (Å²) < 4.78 is 61.2. The number of halogens is 2. The first-order valence-corrected chi connectivity index (χ1v) is 14.9. The molecule has 0 spiro atoms. The summed E-state index contributed by atoms with van der Waals surface area (Å²) in [5, 5.41) is 4.91. The number of hydrogen-bond acceptors (Lipinski definition) is 5. The summed E-state index contributed by atoms with van der Waals surface area (Å²) >= 11 is 0. The van der Waals surface area contributed by atoms with Crippen LogP contribution in [-0.4, -0.2) is 35.3 Å². The van der Waals surface area contributed by atoms with Gasteiger partial charge in [0.05, 0.1) is 33.2 Å². The highest BCUT2D eigenvalue weighted by Gasteiger charge is 2.39. The quantitative estimate of drug-likeness (QED) is 0.230. The second kappa shape index (κ2) is 9.26. The minimum atomic E-state index is -3.49. The Morgan fingerprint density at radius 1 is 1.03 bits per heavy atom. The maximum Gasteiger partial charge on any atom is 0.248 e. The van der Waals surface area contributed by atoms with Crippen molar-refractivity contribution >= 4 is 31.8 Å². The molecule has 3 heterocycles. The summed E-state index contributed by atoms with van der Waals surface area (Å²) in [5.74, 6) is -2.07. The van der Waals surface area contributed by atoms with E-state index in [0.717, 1.165) is 38.8 Å². The van der Waals surface area contributed by atoms with Crippen molar-refractivity contribution in [1.82, 2.24) is 14.7 Å². The molecule has 1 unspecified atom stereocenters. The SMILES string of the molecule is Cc1noc(C)c1-c1cnc2c3ccc(S(C)(=O)=O)cc3n(C(c3ccccc3)C3CCC(F)(F)CC3)c2c1. The van der Waals surface area contributed by atoms with Gasteiger partial charge in [-0.15, -0.1) is 0 Å². The van der Waals surface area contributed by atoms with Gasteiger partial charge >= 0.3 is 0 Å². The van der Waals surface area contributed by atoms with Crippen LogP contribution in [-0.2, 0) is 9.84 Å². The molecule has 1 aliphatic carbocycles.